The number of aliphatic hydroxyl groups is 3. The number of unbranched alkanes of at least 4 members (excludes halogenated alkanes) is 1. The largest absolute Gasteiger partial charge is 0.388 e. The van der Waals surface area contributed by atoms with Gasteiger partial charge in [-0.15, -0.1) is 0 Å². The van der Waals surface area contributed by atoms with Crippen molar-refractivity contribution in [3.05, 3.63) is 0 Å². The molecule has 78 valence electrons. The Bertz CT molecular complexity index is 149. The van der Waals surface area contributed by atoms with Crippen molar-refractivity contribution in [1.82, 2.24) is 0 Å². The quantitative estimate of drug-likeness (QED) is 0.569. The summed E-state index contributed by atoms with van der Waals surface area (Å²) in [5.74, 6) is 0. The standard InChI is InChI=1S/C9H18O4/c1-2-3-4-7-9(12)8(11)6(10)5-13-7/h6-12H,2-5H2,1H3/t6-,7+,8-,9+/m1/s1. The summed E-state index contributed by atoms with van der Waals surface area (Å²) >= 11 is 0. The highest BCUT2D eigenvalue weighted by molar-refractivity contribution is 4.86. The lowest BCUT2D eigenvalue weighted by molar-refractivity contribution is -0.188. The molecule has 1 fully saturated rings. The van der Waals surface area contributed by atoms with Gasteiger partial charge in [0, 0.05) is 0 Å². The minimum Gasteiger partial charge on any atom is -0.388 e. The monoisotopic (exact) mass is 190 g/mol. The fourth-order valence-electron chi connectivity index (χ4n) is 1.53. The molecule has 0 unspecified atom stereocenters. The molecule has 3 N–H and O–H groups in total. The molecule has 0 aliphatic carbocycles. The van der Waals surface area contributed by atoms with Crippen molar-refractivity contribution in [2.24, 2.45) is 0 Å². The van der Waals surface area contributed by atoms with Crippen LogP contribution in [-0.4, -0.2) is 46.3 Å². The first-order valence-electron chi connectivity index (χ1n) is 4.82. The van der Waals surface area contributed by atoms with Crippen molar-refractivity contribution in [1.29, 1.82) is 0 Å². The van der Waals surface area contributed by atoms with E-state index in [1.54, 1.807) is 0 Å². The van der Waals surface area contributed by atoms with Gasteiger partial charge in [-0.3, -0.25) is 0 Å². The van der Waals surface area contributed by atoms with Crippen LogP contribution in [-0.2, 0) is 4.74 Å². The van der Waals surface area contributed by atoms with Crippen LogP contribution in [0.15, 0.2) is 0 Å². The van der Waals surface area contributed by atoms with Crippen LogP contribution in [0.3, 0.4) is 0 Å². The maximum atomic E-state index is 9.50. The second-order valence-electron chi connectivity index (χ2n) is 3.56. The van der Waals surface area contributed by atoms with Gasteiger partial charge in [-0.2, -0.15) is 0 Å². The van der Waals surface area contributed by atoms with E-state index < -0.39 is 18.3 Å². The highest BCUT2D eigenvalue weighted by Gasteiger charge is 2.36. The average Bonchev–Trinajstić information content (AvgIpc) is 2.13. The maximum Gasteiger partial charge on any atom is 0.111 e. The summed E-state index contributed by atoms with van der Waals surface area (Å²) in [4.78, 5) is 0. The average molecular weight is 190 g/mol. The predicted molar refractivity (Wildman–Crippen MR) is 47.3 cm³/mol. The molecule has 4 atom stereocenters. The van der Waals surface area contributed by atoms with Gasteiger partial charge >= 0.3 is 0 Å². The fourth-order valence-corrected chi connectivity index (χ4v) is 1.53. The molecule has 1 rings (SSSR count). The SMILES string of the molecule is CCCC[C@@H]1OC[C@@H](O)[C@@H](O)[C@H]1O. The molecule has 0 saturated carbocycles. The van der Waals surface area contributed by atoms with Crippen LogP contribution in [0.4, 0.5) is 0 Å². The zero-order valence-corrected chi connectivity index (χ0v) is 7.89. The molecule has 4 heteroatoms. The van der Waals surface area contributed by atoms with Gasteiger partial charge in [0.1, 0.15) is 18.3 Å². The Labute approximate surface area is 78.1 Å². The molecular weight excluding hydrogens is 172 g/mol. The number of aliphatic hydroxyl groups excluding tert-OH is 3. The summed E-state index contributed by atoms with van der Waals surface area (Å²) in [6.07, 6.45) is -0.547. The first kappa shape index (κ1) is 10.9. The molecule has 1 heterocycles. The van der Waals surface area contributed by atoms with Crippen molar-refractivity contribution >= 4 is 0 Å². The zero-order chi connectivity index (χ0) is 9.84. The highest BCUT2D eigenvalue weighted by Crippen LogP contribution is 2.19. The summed E-state index contributed by atoms with van der Waals surface area (Å²) < 4.78 is 5.21. The predicted octanol–water partition coefficient (Wildman–Crippen LogP) is -0.342. The second kappa shape index (κ2) is 4.91. The molecule has 0 amide bonds. The summed E-state index contributed by atoms with van der Waals surface area (Å²) in [6, 6.07) is 0. The normalized spacial score (nSPS) is 40.6. The van der Waals surface area contributed by atoms with Crippen LogP contribution < -0.4 is 0 Å². The molecule has 1 aliphatic rings. The Balaban J connectivity index is 2.39. The van der Waals surface area contributed by atoms with E-state index in [9.17, 15) is 10.2 Å². The summed E-state index contributed by atoms with van der Waals surface area (Å²) in [5, 5.41) is 28.0. The van der Waals surface area contributed by atoms with E-state index >= 15 is 0 Å². The molecular formula is C9H18O4. The highest BCUT2D eigenvalue weighted by atomic mass is 16.5. The first-order valence-corrected chi connectivity index (χ1v) is 4.82. The van der Waals surface area contributed by atoms with Crippen LogP contribution in [0.2, 0.25) is 0 Å². The maximum absolute atomic E-state index is 9.50. The summed E-state index contributed by atoms with van der Waals surface area (Å²) in [5.41, 5.74) is 0. The van der Waals surface area contributed by atoms with Crippen molar-refractivity contribution in [3.8, 4) is 0 Å². The molecule has 1 saturated heterocycles. The second-order valence-corrected chi connectivity index (χ2v) is 3.56. The van der Waals surface area contributed by atoms with Crippen molar-refractivity contribution in [3.63, 3.8) is 0 Å². The van der Waals surface area contributed by atoms with Gasteiger partial charge in [-0.1, -0.05) is 19.8 Å². The van der Waals surface area contributed by atoms with Gasteiger partial charge in [-0.25, -0.2) is 0 Å². The van der Waals surface area contributed by atoms with Crippen LogP contribution in [0.25, 0.3) is 0 Å². The van der Waals surface area contributed by atoms with Gasteiger partial charge in [0.15, 0.2) is 0 Å². The summed E-state index contributed by atoms with van der Waals surface area (Å²) in [7, 11) is 0. The molecule has 0 aromatic carbocycles. The molecule has 1 aliphatic heterocycles. The Morgan fingerprint density at radius 3 is 2.54 bits per heavy atom. The Morgan fingerprint density at radius 2 is 1.92 bits per heavy atom. The van der Waals surface area contributed by atoms with Crippen LogP contribution in [0.5, 0.6) is 0 Å². The molecule has 13 heavy (non-hydrogen) atoms. The number of hydrogen-bond donors (Lipinski definition) is 3. The lowest BCUT2D eigenvalue weighted by atomic mass is 9.96. The molecule has 0 bridgehead atoms. The topological polar surface area (TPSA) is 69.9 Å². The molecule has 0 aromatic rings. The van der Waals surface area contributed by atoms with E-state index in [0.29, 0.717) is 0 Å². The van der Waals surface area contributed by atoms with E-state index in [1.165, 1.54) is 0 Å². The van der Waals surface area contributed by atoms with Crippen LogP contribution in [0.1, 0.15) is 26.2 Å². The summed E-state index contributed by atoms with van der Waals surface area (Å²) in [6.45, 7) is 2.17. The number of ether oxygens (including phenoxy) is 1. The number of rotatable bonds is 3. The Hall–Kier alpha value is -0.160. The molecule has 0 spiro atoms. The van der Waals surface area contributed by atoms with Gasteiger partial charge in [-0.05, 0) is 6.42 Å². The van der Waals surface area contributed by atoms with E-state index in [4.69, 9.17) is 9.84 Å². The molecule has 0 aromatic heterocycles. The minimum atomic E-state index is -1.06. The lowest BCUT2D eigenvalue weighted by Gasteiger charge is -2.35. The van der Waals surface area contributed by atoms with E-state index in [-0.39, 0.29) is 12.7 Å². The van der Waals surface area contributed by atoms with Gasteiger partial charge < -0.3 is 20.1 Å². The van der Waals surface area contributed by atoms with E-state index in [2.05, 4.69) is 6.92 Å². The van der Waals surface area contributed by atoms with E-state index in [0.717, 1.165) is 19.3 Å². The van der Waals surface area contributed by atoms with Gasteiger partial charge in [0.25, 0.3) is 0 Å². The Morgan fingerprint density at radius 1 is 1.23 bits per heavy atom. The smallest absolute Gasteiger partial charge is 0.111 e. The van der Waals surface area contributed by atoms with Gasteiger partial charge in [0.05, 0.1) is 12.7 Å². The van der Waals surface area contributed by atoms with Crippen LogP contribution in [0, 0.1) is 0 Å². The van der Waals surface area contributed by atoms with Crippen LogP contribution >= 0.6 is 0 Å². The molecule has 0 radical (unpaired) electrons. The van der Waals surface area contributed by atoms with E-state index in [1.807, 2.05) is 0 Å². The van der Waals surface area contributed by atoms with Crippen molar-refractivity contribution in [2.45, 2.75) is 50.6 Å². The Kier molecular flexibility index (Phi) is 4.12. The zero-order valence-electron chi connectivity index (χ0n) is 7.89. The van der Waals surface area contributed by atoms with Crippen molar-refractivity contribution in [2.75, 3.05) is 6.61 Å². The fraction of sp³-hybridized carbons (Fsp3) is 1.00. The van der Waals surface area contributed by atoms with Gasteiger partial charge in [0.2, 0.25) is 0 Å². The molecule has 4 nitrogen and oxygen atoms in total. The lowest BCUT2D eigenvalue weighted by Crippen LogP contribution is -2.52. The van der Waals surface area contributed by atoms with Crippen molar-refractivity contribution < 1.29 is 20.1 Å². The first-order chi connectivity index (χ1) is 6.16. The third kappa shape index (κ3) is 2.64. The minimum absolute atomic E-state index is 0.118. The third-order valence-electron chi connectivity index (χ3n) is 2.45. The third-order valence-corrected chi connectivity index (χ3v) is 2.45. The number of hydrogen-bond acceptors (Lipinski definition) is 4.